The number of hydrogen-bond acceptors (Lipinski definition) is 6. The minimum absolute atomic E-state index is 0.0205. The maximum absolute atomic E-state index is 12.2. The van der Waals surface area contributed by atoms with Gasteiger partial charge in [-0.2, -0.15) is 0 Å². The number of hydrogen-bond donors (Lipinski definition) is 2. The van der Waals surface area contributed by atoms with E-state index in [0.717, 1.165) is 16.6 Å². The van der Waals surface area contributed by atoms with Gasteiger partial charge in [0.05, 0.1) is 11.1 Å². The Hall–Kier alpha value is -2.12. The summed E-state index contributed by atoms with van der Waals surface area (Å²) in [6.45, 7) is 2.76. The molecular weight excluding hydrogens is 352 g/mol. The molecule has 0 radical (unpaired) electrons. The number of rotatable bonds is 7. The topological polar surface area (TPSA) is 80.9 Å². The van der Waals surface area contributed by atoms with Crippen LogP contribution >= 0.6 is 23.1 Å². The van der Waals surface area contributed by atoms with Crippen LogP contribution < -0.4 is 11.1 Å². The summed E-state index contributed by atoms with van der Waals surface area (Å²) in [4.78, 5) is 21.7. The third kappa shape index (κ3) is 4.49. The number of aromatic nitrogens is 2. The molecule has 0 spiro atoms. The van der Waals surface area contributed by atoms with E-state index in [0.29, 0.717) is 23.4 Å². The molecule has 1 aromatic carbocycles. The predicted octanol–water partition coefficient (Wildman–Crippen LogP) is 3.68. The van der Waals surface area contributed by atoms with Crippen molar-refractivity contribution in [1.82, 2.24) is 15.3 Å². The summed E-state index contributed by atoms with van der Waals surface area (Å²) in [7, 11) is 0. The number of benzene rings is 1. The summed E-state index contributed by atoms with van der Waals surface area (Å²) >= 11 is 2.83. The second-order valence-electron chi connectivity index (χ2n) is 5.64. The Balaban J connectivity index is 1.53. The van der Waals surface area contributed by atoms with Crippen LogP contribution in [-0.4, -0.2) is 28.2 Å². The normalized spacial score (nSPS) is 12.2. The predicted molar refractivity (Wildman–Crippen MR) is 105 cm³/mol. The molecule has 1 amide bonds. The van der Waals surface area contributed by atoms with Gasteiger partial charge < -0.3 is 11.1 Å². The monoisotopic (exact) mass is 372 g/mol. The Bertz CT molecular complexity index is 851. The highest BCUT2D eigenvalue weighted by Crippen LogP contribution is 2.26. The first-order valence-electron chi connectivity index (χ1n) is 8.12. The molecule has 0 saturated heterocycles. The van der Waals surface area contributed by atoms with E-state index in [2.05, 4.69) is 34.3 Å². The molecule has 0 aliphatic rings. The summed E-state index contributed by atoms with van der Waals surface area (Å²) in [5, 5.41) is 6.35. The van der Waals surface area contributed by atoms with Gasteiger partial charge in [-0.3, -0.25) is 4.79 Å². The zero-order valence-corrected chi connectivity index (χ0v) is 15.6. The van der Waals surface area contributed by atoms with Crippen molar-refractivity contribution in [3.05, 3.63) is 47.3 Å². The van der Waals surface area contributed by atoms with Crippen LogP contribution in [0.5, 0.6) is 0 Å². The van der Waals surface area contributed by atoms with Gasteiger partial charge in [-0.05, 0) is 23.4 Å². The molecule has 0 aliphatic carbocycles. The molecule has 3 N–H and O–H groups in total. The highest BCUT2D eigenvalue weighted by molar-refractivity contribution is 7.99. The van der Waals surface area contributed by atoms with Crippen LogP contribution in [0.4, 0.5) is 5.82 Å². The summed E-state index contributed by atoms with van der Waals surface area (Å²) < 4.78 is 0. The lowest BCUT2D eigenvalue weighted by atomic mass is 9.96. The van der Waals surface area contributed by atoms with Crippen LogP contribution in [0, 0.1) is 0 Å². The molecule has 2 heterocycles. The molecule has 0 unspecified atom stereocenters. The van der Waals surface area contributed by atoms with Crippen molar-refractivity contribution in [2.75, 3.05) is 18.0 Å². The van der Waals surface area contributed by atoms with E-state index in [-0.39, 0.29) is 11.7 Å². The fourth-order valence-corrected chi connectivity index (χ4v) is 4.07. The number of nitrogens with zero attached hydrogens (tertiary/aromatic N) is 2. The zero-order valence-electron chi connectivity index (χ0n) is 13.9. The van der Waals surface area contributed by atoms with E-state index in [4.69, 9.17) is 5.73 Å². The van der Waals surface area contributed by atoms with Crippen molar-refractivity contribution in [1.29, 1.82) is 0 Å². The number of nitrogens with one attached hydrogen (secondary N) is 1. The number of thioether (sulfide) groups is 1. The summed E-state index contributed by atoms with van der Waals surface area (Å²) in [6, 6.07) is 12.2. The highest BCUT2D eigenvalue weighted by atomic mass is 32.2. The largest absolute Gasteiger partial charge is 0.383 e. The van der Waals surface area contributed by atoms with Crippen molar-refractivity contribution in [3.8, 4) is 0 Å². The highest BCUT2D eigenvalue weighted by Gasteiger charge is 2.12. The van der Waals surface area contributed by atoms with Gasteiger partial charge in [0, 0.05) is 12.5 Å². The molecule has 0 fully saturated rings. The molecule has 0 bridgehead atoms. The van der Waals surface area contributed by atoms with E-state index >= 15 is 0 Å². The summed E-state index contributed by atoms with van der Waals surface area (Å²) in [6.07, 6.45) is 0.978. The van der Waals surface area contributed by atoms with Gasteiger partial charge in [0.2, 0.25) is 5.91 Å². The van der Waals surface area contributed by atoms with Crippen LogP contribution in [0.25, 0.3) is 10.2 Å². The Morgan fingerprint density at radius 2 is 2.08 bits per heavy atom. The Kier molecular flexibility index (Phi) is 5.88. The van der Waals surface area contributed by atoms with E-state index in [1.165, 1.54) is 28.7 Å². The number of carbonyl (C=O) groups excluding carboxylic acids is 1. The molecule has 7 heteroatoms. The third-order valence-corrected chi connectivity index (χ3v) is 5.63. The number of nitrogens with two attached hydrogens (primary N) is 1. The number of nitrogen functional groups attached to an aromatic ring is 1. The molecule has 3 aromatic rings. The number of fused-ring (bicyclic) bond motifs is 1. The molecule has 1 atom stereocenters. The van der Waals surface area contributed by atoms with Gasteiger partial charge in [-0.25, -0.2) is 9.97 Å². The maximum Gasteiger partial charge on any atom is 0.230 e. The minimum atomic E-state index is -0.0205. The Labute approximate surface area is 155 Å². The van der Waals surface area contributed by atoms with Crippen LogP contribution in [0.3, 0.4) is 0 Å². The van der Waals surface area contributed by atoms with Crippen molar-refractivity contribution >= 4 is 45.0 Å². The van der Waals surface area contributed by atoms with Crippen LogP contribution in [0.2, 0.25) is 0 Å². The standard InChI is InChI=1S/C18H20N4OS2/c1-2-12(13-6-4-3-5-7-13)10-20-15(23)11-25-18-21-16(19)14-8-9-24-17(14)22-18/h3-9,12H,2,10-11H2,1H3,(H,20,23)(H2,19,21,22)/t12-/m1/s1. The molecule has 2 aromatic heterocycles. The SMILES string of the molecule is CC[C@H](CNC(=O)CSc1nc(N)c2ccsc2n1)c1ccccc1. The molecule has 5 nitrogen and oxygen atoms in total. The minimum Gasteiger partial charge on any atom is -0.383 e. The fraction of sp³-hybridized carbons (Fsp3) is 0.278. The molecule has 130 valence electrons. The van der Waals surface area contributed by atoms with Gasteiger partial charge in [-0.1, -0.05) is 49.0 Å². The second-order valence-corrected chi connectivity index (χ2v) is 7.48. The van der Waals surface area contributed by atoms with E-state index < -0.39 is 0 Å². The van der Waals surface area contributed by atoms with Crippen molar-refractivity contribution in [2.45, 2.75) is 24.4 Å². The fourth-order valence-electron chi connectivity index (χ4n) is 2.56. The van der Waals surface area contributed by atoms with Crippen LogP contribution in [-0.2, 0) is 4.79 Å². The molecule has 3 rings (SSSR count). The number of anilines is 1. The number of thiophene rings is 1. The molecule has 0 saturated carbocycles. The van der Waals surface area contributed by atoms with Gasteiger partial charge >= 0.3 is 0 Å². The third-order valence-electron chi connectivity index (χ3n) is 3.98. The summed E-state index contributed by atoms with van der Waals surface area (Å²) in [5.74, 6) is 1.04. The van der Waals surface area contributed by atoms with E-state index in [1.54, 1.807) is 0 Å². The Morgan fingerprint density at radius 1 is 1.28 bits per heavy atom. The van der Waals surface area contributed by atoms with Gasteiger partial charge in [0.25, 0.3) is 0 Å². The quantitative estimate of drug-likeness (QED) is 0.488. The van der Waals surface area contributed by atoms with Gasteiger partial charge in [0.1, 0.15) is 10.6 Å². The average Bonchev–Trinajstić information content (AvgIpc) is 3.10. The van der Waals surface area contributed by atoms with Crippen molar-refractivity contribution < 1.29 is 4.79 Å². The molecular formula is C18H20N4OS2. The lowest BCUT2D eigenvalue weighted by Crippen LogP contribution is -2.29. The number of amides is 1. The molecule has 0 aliphatic heterocycles. The van der Waals surface area contributed by atoms with Crippen molar-refractivity contribution in [2.24, 2.45) is 0 Å². The average molecular weight is 373 g/mol. The second kappa shape index (κ2) is 8.31. The van der Waals surface area contributed by atoms with Crippen molar-refractivity contribution in [3.63, 3.8) is 0 Å². The molecule has 25 heavy (non-hydrogen) atoms. The smallest absolute Gasteiger partial charge is 0.230 e. The van der Waals surface area contributed by atoms with Gasteiger partial charge in [0.15, 0.2) is 5.16 Å². The zero-order chi connectivity index (χ0) is 17.6. The lowest BCUT2D eigenvalue weighted by molar-refractivity contribution is -0.118. The van der Waals surface area contributed by atoms with E-state index in [9.17, 15) is 4.79 Å². The van der Waals surface area contributed by atoms with Gasteiger partial charge in [-0.15, -0.1) is 11.3 Å². The number of carbonyl (C=O) groups is 1. The Morgan fingerprint density at radius 3 is 2.84 bits per heavy atom. The first-order valence-corrected chi connectivity index (χ1v) is 9.99. The van der Waals surface area contributed by atoms with Crippen LogP contribution in [0.15, 0.2) is 46.9 Å². The first-order chi connectivity index (χ1) is 12.2. The lowest BCUT2D eigenvalue weighted by Gasteiger charge is -2.16. The van der Waals surface area contributed by atoms with E-state index in [1.807, 2.05) is 29.6 Å². The maximum atomic E-state index is 12.2. The first kappa shape index (κ1) is 17.7. The van der Waals surface area contributed by atoms with Crippen LogP contribution in [0.1, 0.15) is 24.8 Å². The summed E-state index contributed by atoms with van der Waals surface area (Å²) in [5.41, 5.74) is 7.18.